The third-order valence-corrected chi connectivity index (χ3v) is 5.33. The summed E-state index contributed by atoms with van der Waals surface area (Å²) in [5.74, 6) is -0.502. The molecule has 0 aliphatic carbocycles. The number of carbonyl (C=O) groups excluding carboxylic acids is 2. The molecule has 3 aromatic rings. The Labute approximate surface area is 172 Å². The van der Waals surface area contributed by atoms with Crippen LogP contribution in [0.15, 0.2) is 53.9 Å². The van der Waals surface area contributed by atoms with Crippen molar-refractivity contribution in [1.29, 1.82) is 0 Å². The highest BCUT2D eigenvalue weighted by atomic mass is 35.5. The van der Waals surface area contributed by atoms with Crippen LogP contribution in [0.5, 0.6) is 0 Å². The molecule has 2 amide bonds. The van der Waals surface area contributed by atoms with Crippen LogP contribution in [-0.4, -0.2) is 19.1 Å². The van der Waals surface area contributed by atoms with Gasteiger partial charge in [-0.2, -0.15) is 0 Å². The van der Waals surface area contributed by atoms with Gasteiger partial charge in [-0.1, -0.05) is 42.8 Å². The molecule has 0 atom stereocenters. The monoisotopic (exact) mass is 414 g/mol. The Morgan fingerprint density at radius 1 is 1.04 bits per heavy atom. The second-order valence-corrected chi connectivity index (χ2v) is 7.30. The van der Waals surface area contributed by atoms with Crippen molar-refractivity contribution in [1.82, 2.24) is 0 Å². The number of anilines is 2. The lowest BCUT2D eigenvalue weighted by Crippen LogP contribution is -2.20. The van der Waals surface area contributed by atoms with Crippen LogP contribution in [0.4, 0.5) is 15.5 Å². The lowest BCUT2D eigenvalue weighted by Gasteiger charge is -2.09. The molecule has 3 rings (SSSR count). The van der Waals surface area contributed by atoms with Crippen molar-refractivity contribution in [2.75, 3.05) is 17.7 Å². The molecule has 2 N–H and O–H groups in total. The van der Waals surface area contributed by atoms with Gasteiger partial charge in [0, 0.05) is 21.7 Å². The molecule has 0 bridgehead atoms. The number of methoxy groups -OCH3 is 1. The Morgan fingerprint density at radius 3 is 2.32 bits per heavy atom. The molecule has 0 saturated carbocycles. The van der Waals surface area contributed by atoms with Crippen LogP contribution in [-0.2, 0) is 11.2 Å². The normalized spacial score (nSPS) is 10.4. The van der Waals surface area contributed by atoms with E-state index in [4.69, 9.17) is 16.3 Å². The molecule has 0 aliphatic rings. The van der Waals surface area contributed by atoms with Crippen molar-refractivity contribution in [2.45, 2.75) is 13.3 Å². The fraction of sp³-hybridized carbons (Fsp3) is 0.143. The molecular weight excluding hydrogens is 396 g/mol. The molecule has 0 saturated heterocycles. The van der Waals surface area contributed by atoms with E-state index in [0.717, 1.165) is 17.5 Å². The zero-order chi connectivity index (χ0) is 20.1. The molecule has 5 nitrogen and oxygen atoms in total. The molecule has 0 radical (unpaired) electrons. The highest BCUT2D eigenvalue weighted by Crippen LogP contribution is 2.36. The average molecular weight is 415 g/mol. The van der Waals surface area contributed by atoms with Gasteiger partial charge >= 0.3 is 12.0 Å². The van der Waals surface area contributed by atoms with Crippen LogP contribution in [0.3, 0.4) is 0 Å². The van der Waals surface area contributed by atoms with Crippen molar-refractivity contribution in [3.05, 3.63) is 70.1 Å². The van der Waals surface area contributed by atoms with Crippen LogP contribution in [0, 0.1) is 0 Å². The number of hydrogen-bond donors (Lipinski definition) is 2. The van der Waals surface area contributed by atoms with E-state index in [-0.39, 0.29) is 0 Å². The quantitative estimate of drug-likeness (QED) is 0.498. The molecule has 1 aromatic heterocycles. The summed E-state index contributed by atoms with van der Waals surface area (Å²) in [5, 5.41) is 8.29. The summed E-state index contributed by atoms with van der Waals surface area (Å²) in [6.07, 6.45) is 0.936. The predicted octanol–water partition coefficient (Wildman–Crippen LogP) is 6.06. The predicted molar refractivity (Wildman–Crippen MR) is 115 cm³/mol. The van der Waals surface area contributed by atoms with Crippen molar-refractivity contribution >= 4 is 45.6 Å². The number of carbonyl (C=O) groups is 2. The zero-order valence-corrected chi connectivity index (χ0v) is 17.0. The van der Waals surface area contributed by atoms with Crippen LogP contribution in [0.1, 0.15) is 22.8 Å². The minimum atomic E-state index is -0.502. The van der Waals surface area contributed by atoms with Crippen LogP contribution < -0.4 is 10.6 Å². The first-order valence-corrected chi connectivity index (χ1v) is 9.90. The molecule has 0 aliphatic heterocycles. The first kappa shape index (κ1) is 19.9. The van der Waals surface area contributed by atoms with Gasteiger partial charge in [0.1, 0.15) is 10.6 Å². The molecule has 7 heteroatoms. The summed E-state index contributed by atoms with van der Waals surface area (Å²) in [7, 11) is 1.32. The number of halogens is 1. The van der Waals surface area contributed by atoms with Crippen molar-refractivity contribution < 1.29 is 14.3 Å². The van der Waals surface area contributed by atoms with Crippen LogP contribution >= 0.6 is 22.9 Å². The van der Waals surface area contributed by atoms with Gasteiger partial charge in [-0.25, -0.2) is 9.59 Å². The summed E-state index contributed by atoms with van der Waals surface area (Å²) in [4.78, 5) is 24.7. The minimum Gasteiger partial charge on any atom is -0.465 e. The van der Waals surface area contributed by atoms with Crippen molar-refractivity contribution in [3.8, 4) is 11.1 Å². The Morgan fingerprint density at radius 2 is 1.71 bits per heavy atom. The molecule has 144 valence electrons. The van der Waals surface area contributed by atoms with Gasteiger partial charge in [-0.05, 0) is 41.8 Å². The molecule has 2 aromatic carbocycles. The molecule has 1 heterocycles. The van der Waals surface area contributed by atoms with Gasteiger partial charge in [0.15, 0.2) is 0 Å². The van der Waals surface area contributed by atoms with Crippen molar-refractivity contribution in [2.24, 2.45) is 0 Å². The number of hydrogen-bond acceptors (Lipinski definition) is 4. The molecule has 0 unspecified atom stereocenters. The first-order valence-electron chi connectivity index (χ1n) is 8.64. The summed E-state index contributed by atoms with van der Waals surface area (Å²) in [6, 6.07) is 14.3. The smallest absolute Gasteiger partial charge is 0.341 e. The number of ether oxygens (including phenoxy) is 1. The number of urea groups is 1. The van der Waals surface area contributed by atoms with Gasteiger partial charge in [-0.3, -0.25) is 5.32 Å². The van der Waals surface area contributed by atoms with E-state index in [0.29, 0.717) is 21.3 Å². The standard InChI is InChI=1S/C21H19ClN2O3S/c1-3-13-4-6-14(7-5-13)17-12-28-19(18(17)20(25)27-2)24-21(26)23-16-10-8-15(22)9-11-16/h4-12H,3H2,1-2H3,(H2,23,24,26). The number of nitrogens with one attached hydrogen (secondary N) is 2. The van der Waals surface area contributed by atoms with Gasteiger partial charge < -0.3 is 10.1 Å². The minimum absolute atomic E-state index is 0.336. The Hall–Kier alpha value is -2.83. The third-order valence-electron chi connectivity index (χ3n) is 4.18. The molecule has 28 heavy (non-hydrogen) atoms. The number of aryl methyl sites for hydroxylation is 1. The lowest BCUT2D eigenvalue weighted by molar-refractivity contribution is 0.0603. The van der Waals surface area contributed by atoms with E-state index in [1.54, 1.807) is 24.3 Å². The molecule has 0 fully saturated rings. The second kappa shape index (κ2) is 8.91. The molecular formula is C21H19ClN2O3S. The third kappa shape index (κ3) is 4.52. The Bertz CT molecular complexity index is 982. The number of esters is 1. The second-order valence-electron chi connectivity index (χ2n) is 5.98. The fourth-order valence-electron chi connectivity index (χ4n) is 2.69. The number of thiophene rings is 1. The van der Waals surface area contributed by atoms with Crippen molar-refractivity contribution in [3.63, 3.8) is 0 Å². The summed E-state index contributed by atoms with van der Waals surface area (Å²) < 4.78 is 4.94. The zero-order valence-electron chi connectivity index (χ0n) is 15.4. The van der Waals surface area contributed by atoms with Gasteiger partial charge in [-0.15, -0.1) is 11.3 Å². The van der Waals surface area contributed by atoms with E-state index in [1.807, 2.05) is 29.6 Å². The van der Waals surface area contributed by atoms with Crippen LogP contribution in [0.2, 0.25) is 5.02 Å². The van der Waals surface area contributed by atoms with E-state index < -0.39 is 12.0 Å². The number of rotatable bonds is 5. The van der Waals surface area contributed by atoms with E-state index in [2.05, 4.69) is 17.6 Å². The largest absolute Gasteiger partial charge is 0.465 e. The highest BCUT2D eigenvalue weighted by Gasteiger charge is 2.22. The summed E-state index contributed by atoms with van der Waals surface area (Å²) >= 11 is 7.12. The summed E-state index contributed by atoms with van der Waals surface area (Å²) in [5.41, 5.74) is 3.75. The average Bonchev–Trinajstić information content (AvgIpc) is 3.12. The van der Waals surface area contributed by atoms with Gasteiger partial charge in [0.2, 0.25) is 0 Å². The SMILES string of the molecule is CCc1ccc(-c2csc(NC(=O)Nc3ccc(Cl)cc3)c2C(=O)OC)cc1. The first-order chi connectivity index (χ1) is 13.5. The van der Waals surface area contributed by atoms with Crippen LogP contribution in [0.25, 0.3) is 11.1 Å². The number of benzene rings is 2. The Balaban J connectivity index is 1.86. The maximum atomic E-state index is 12.4. The fourth-order valence-corrected chi connectivity index (χ4v) is 3.76. The maximum Gasteiger partial charge on any atom is 0.341 e. The maximum absolute atomic E-state index is 12.4. The lowest BCUT2D eigenvalue weighted by atomic mass is 10.0. The van der Waals surface area contributed by atoms with E-state index >= 15 is 0 Å². The molecule has 0 spiro atoms. The topological polar surface area (TPSA) is 67.4 Å². The van der Waals surface area contributed by atoms with E-state index in [1.165, 1.54) is 24.0 Å². The Kier molecular flexibility index (Phi) is 6.34. The summed E-state index contributed by atoms with van der Waals surface area (Å²) in [6.45, 7) is 2.08. The number of amides is 2. The van der Waals surface area contributed by atoms with Gasteiger partial charge in [0.05, 0.1) is 7.11 Å². The highest BCUT2D eigenvalue weighted by molar-refractivity contribution is 7.15. The van der Waals surface area contributed by atoms with Gasteiger partial charge in [0.25, 0.3) is 0 Å². The van der Waals surface area contributed by atoms with E-state index in [9.17, 15) is 9.59 Å².